The Kier molecular flexibility index (Phi) is 5.08. The third-order valence-electron chi connectivity index (χ3n) is 4.28. The SMILES string of the molecule is COCc1cc([N+](=O)[O-])ccc1N1CCN(c2ccnc(C)n2)CC1. The van der Waals surface area contributed by atoms with Crippen LogP contribution in [0.1, 0.15) is 11.4 Å². The van der Waals surface area contributed by atoms with Crippen molar-refractivity contribution < 1.29 is 9.66 Å². The molecule has 0 unspecified atom stereocenters. The Bertz CT molecular complexity index is 760. The van der Waals surface area contributed by atoms with E-state index >= 15 is 0 Å². The standard InChI is InChI=1S/C17H21N5O3/c1-13-18-6-5-17(19-13)21-9-7-20(8-10-21)16-4-3-15(22(23)24)11-14(16)12-25-2/h3-6,11H,7-10,12H2,1-2H3. The Hall–Kier alpha value is -2.74. The van der Waals surface area contributed by atoms with Crippen molar-refractivity contribution in [2.45, 2.75) is 13.5 Å². The molecule has 1 aromatic carbocycles. The number of aromatic nitrogens is 2. The zero-order valence-electron chi connectivity index (χ0n) is 14.4. The molecule has 1 fully saturated rings. The molecule has 132 valence electrons. The third-order valence-corrected chi connectivity index (χ3v) is 4.28. The second kappa shape index (κ2) is 7.43. The molecular weight excluding hydrogens is 322 g/mol. The molecule has 0 bridgehead atoms. The summed E-state index contributed by atoms with van der Waals surface area (Å²) in [7, 11) is 1.60. The molecule has 2 heterocycles. The van der Waals surface area contributed by atoms with Crippen molar-refractivity contribution in [3.63, 3.8) is 0 Å². The largest absolute Gasteiger partial charge is 0.380 e. The van der Waals surface area contributed by atoms with Crippen LogP contribution in [0.4, 0.5) is 17.2 Å². The van der Waals surface area contributed by atoms with Gasteiger partial charge in [-0.05, 0) is 19.1 Å². The topological polar surface area (TPSA) is 84.6 Å². The average Bonchev–Trinajstić information content (AvgIpc) is 2.62. The van der Waals surface area contributed by atoms with Gasteiger partial charge in [0.05, 0.1) is 11.5 Å². The molecule has 25 heavy (non-hydrogen) atoms. The molecule has 3 rings (SSSR count). The van der Waals surface area contributed by atoms with Crippen molar-refractivity contribution in [3.05, 3.63) is 52.0 Å². The Labute approximate surface area is 146 Å². The van der Waals surface area contributed by atoms with Crippen LogP contribution in [0.2, 0.25) is 0 Å². The van der Waals surface area contributed by atoms with Crippen LogP contribution in [-0.4, -0.2) is 48.2 Å². The minimum Gasteiger partial charge on any atom is -0.380 e. The van der Waals surface area contributed by atoms with Gasteiger partial charge in [-0.2, -0.15) is 0 Å². The lowest BCUT2D eigenvalue weighted by molar-refractivity contribution is -0.384. The second-order valence-electron chi connectivity index (χ2n) is 5.94. The van der Waals surface area contributed by atoms with Crippen LogP contribution in [-0.2, 0) is 11.3 Å². The van der Waals surface area contributed by atoms with Crippen LogP contribution < -0.4 is 9.80 Å². The number of benzene rings is 1. The lowest BCUT2D eigenvalue weighted by Crippen LogP contribution is -2.47. The molecule has 1 saturated heterocycles. The fourth-order valence-corrected chi connectivity index (χ4v) is 3.06. The number of nitrogens with zero attached hydrogens (tertiary/aromatic N) is 5. The number of hydrogen-bond donors (Lipinski definition) is 0. The predicted molar refractivity (Wildman–Crippen MR) is 95.0 cm³/mol. The molecule has 0 aliphatic carbocycles. The van der Waals surface area contributed by atoms with E-state index in [4.69, 9.17) is 4.74 Å². The summed E-state index contributed by atoms with van der Waals surface area (Å²) in [5, 5.41) is 11.0. The van der Waals surface area contributed by atoms with E-state index in [0.717, 1.165) is 49.1 Å². The van der Waals surface area contributed by atoms with Gasteiger partial charge < -0.3 is 14.5 Å². The first kappa shape index (κ1) is 17.1. The van der Waals surface area contributed by atoms with Gasteiger partial charge in [0.2, 0.25) is 0 Å². The number of piperazine rings is 1. The summed E-state index contributed by atoms with van der Waals surface area (Å²) < 4.78 is 5.22. The molecule has 0 amide bonds. The number of non-ortho nitro benzene ring substituents is 1. The van der Waals surface area contributed by atoms with Gasteiger partial charge in [-0.1, -0.05) is 0 Å². The number of aryl methyl sites for hydroxylation is 1. The maximum absolute atomic E-state index is 11.0. The molecule has 1 aliphatic rings. The molecule has 0 spiro atoms. The first-order valence-electron chi connectivity index (χ1n) is 8.14. The highest BCUT2D eigenvalue weighted by atomic mass is 16.6. The normalized spacial score (nSPS) is 14.6. The van der Waals surface area contributed by atoms with Crippen molar-refractivity contribution in [1.82, 2.24) is 9.97 Å². The number of anilines is 2. The summed E-state index contributed by atoms with van der Waals surface area (Å²) in [5.41, 5.74) is 1.92. The Morgan fingerprint density at radius 1 is 1.20 bits per heavy atom. The fraction of sp³-hybridized carbons (Fsp3) is 0.412. The number of nitro groups is 1. The fourth-order valence-electron chi connectivity index (χ4n) is 3.06. The third kappa shape index (κ3) is 3.85. The van der Waals surface area contributed by atoms with Crippen molar-refractivity contribution in [2.75, 3.05) is 43.1 Å². The van der Waals surface area contributed by atoms with Crippen LogP contribution in [0, 0.1) is 17.0 Å². The minimum atomic E-state index is -0.377. The number of hydrogen-bond acceptors (Lipinski definition) is 7. The minimum absolute atomic E-state index is 0.0888. The van der Waals surface area contributed by atoms with Gasteiger partial charge in [-0.3, -0.25) is 10.1 Å². The zero-order chi connectivity index (χ0) is 17.8. The molecule has 0 N–H and O–H groups in total. The van der Waals surface area contributed by atoms with E-state index in [9.17, 15) is 10.1 Å². The first-order chi connectivity index (χ1) is 12.1. The Morgan fingerprint density at radius 3 is 2.56 bits per heavy atom. The number of methoxy groups -OCH3 is 1. The smallest absolute Gasteiger partial charge is 0.269 e. The van der Waals surface area contributed by atoms with Gasteiger partial charge in [0.1, 0.15) is 11.6 Å². The number of ether oxygens (including phenoxy) is 1. The van der Waals surface area contributed by atoms with Gasteiger partial charge in [-0.25, -0.2) is 9.97 Å². The summed E-state index contributed by atoms with van der Waals surface area (Å²) in [6.45, 7) is 5.53. The summed E-state index contributed by atoms with van der Waals surface area (Å²) in [6, 6.07) is 6.88. The van der Waals surface area contributed by atoms with Gasteiger partial charge >= 0.3 is 0 Å². The first-order valence-corrected chi connectivity index (χ1v) is 8.14. The van der Waals surface area contributed by atoms with E-state index < -0.39 is 0 Å². The quantitative estimate of drug-likeness (QED) is 0.607. The second-order valence-corrected chi connectivity index (χ2v) is 5.94. The number of rotatable bonds is 5. The maximum atomic E-state index is 11.0. The zero-order valence-corrected chi connectivity index (χ0v) is 14.4. The van der Waals surface area contributed by atoms with Crippen LogP contribution in [0.15, 0.2) is 30.5 Å². The highest BCUT2D eigenvalue weighted by molar-refractivity contribution is 5.59. The molecule has 0 saturated carbocycles. The van der Waals surface area contributed by atoms with E-state index in [2.05, 4.69) is 19.8 Å². The van der Waals surface area contributed by atoms with Crippen molar-refractivity contribution in [3.8, 4) is 0 Å². The van der Waals surface area contributed by atoms with Crippen LogP contribution in [0.5, 0.6) is 0 Å². The molecule has 2 aromatic rings. The molecule has 1 aliphatic heterocycles. The molecular formula is C17H21N5O3. The monoisotopic (exact) mass is 343 g/mol. The van der Waals surface area contributed by atoms with Gasteiger partial charge in [0.25, 0.3) is 5.69 Å². The van der Waals surface area contributed by atoms with E-state index in [1.165, 1.54) is 0 Å². The molecule has 0 radical (unpaired) electrons. The molecule has 8 nitrogen and oxygen atoms in total. The van der Waals surface area contributed by atoms with Crippen molar-refractivity contribution in [1.29, 1.82) is 0 Å². The van der Waals surface area contributed by atoms with Gasteiger partial charge in [-0.15, -0.1) is 0 Å². The van der Waals surface area contributed by atoms with E-state index in [1.54, 1.807) is 25.4 Å². The highest BCUT2D eigenvalue weighted by Crippen LogP contribution is 2.27. The molecule has 1 aromatic heterocycles. The maximum Gasteiger partial charge on any atom is 0.269 e. The van der Waals surface area contributed by atoms with Crippen molar-refractivity contribution >= 4 is 17.2 Å². The summed E-state index contributed by atoms with van der Waals surface area (Å²) in [5.74, 6) is 1.70. The van der Waals surface area contributed by atoms with E-state index in [0.29, 0.717) is 6.61 Å². The lowest BCUT2D eigenvalue weighted by atomic mass is 10.1. The highest BCUT2D eigenvalue weighted by Gasteiger charge is 2.21. The average molecular weight is 343 g/mol. The van der Waals surface area contributed by atoms with Crippen LogP contribution in [0.3, 0.4) is 0 Å². The summed E-state index contributed by atoms with van der Waals surface area (Å²) >= 11 is 0. The number of nitro benzene ring substituents is 1. The summed E-state index contributed by atoms with van der Waals surface area (Å²) in [6.07, 6.45) is 1.77. The van der Waals surface area contributed by atoms with Gasteiger partial charge in [0, 0.05) is 62.9 Å². The molecule has 8 heteroatoms. The molecule has 0 atom stereocenters. The van der Waals surface area contributed by atoms with Gasteiger partial charge in [0.15, 0.2) is 0 Å². The lowest BCUT2D eigenvalue weighted by Gasteiger charge is -2.37. The van der Waals surface area contributed by atoms with Crippen LogP contribution in [0.25, 0.3) is 0 Å². The Balaban J connectivity index is 1.75. The van der Waals surface area contributed by atoms with Crippen LogP contribution >= 0.6 is 0 Å². The predicted octanol–water partition coefficient (Wildman–Crippen LogP) is 2.17. The van der Waals surface area contributed by atoms with E-state index in [-0.39, 0.29) is 10.6 Å². The summed E-state index contributed by atoms with van der Waals surface area (Å²) in [4.78, 5) is 23.7. The Morgan fingerprint density at radius 2 is 1.92 bits per heavy atom. The van der Waals surface area contributed by atoms with E-state index in [1.807, 2.05) is 19.1 Å². The van der Waals surface area contributed by atoms with Crippen molar-refractivity contribution in [2.24, 2.45) is 0 Å².